The van der Waals surface area contributed by atoms with Crippen molar-refractivity contribution in [1.29, 1.82) is 0 Å². The average molecular weight is 384 g/mol. The number of ether oxygens (including phenoxy) is 1. The molecule has 1 N–H and O–H groups in total. The normalized spacial score (nSPS) is 24.0. The van der Waals surface area contributed by atoms with Crippen LogP contribution in [0, 0.1) is 5.92 Å². The van der Waals surface area contributed by atoms with Crippen LogP contribution in [0.15, 0.2) is 59.1 Å². The number of carbonyl (C=O) groups excluding carboxylic acids is 1. The molecule has 0 saturated carbocycles. The Hall–Kier alpha value is -2.07. The summed E-state index contributed by atoms with van der Waals surface area (Å²) in [5, 5.41) is 3.63. The predicted molar refractivity (Wildman–Crippen MR) is 98.3 cm³/mol. The SMILES string of the molecule is COC(=O)c1cccc2c1N[C@@H](c1ccc(Br)cc1)[C@H]1CC=C[C@H]21. The van der Waals surface area contributed by atoms with Crippen LogP contribution in [0.4, 0.5) is 5.69 Å². The number of methoxy groups -OCH3 is 1. The third-order valence-electron chi connectivity index (χ3n) is 5.03. The van der Waals surface area contributed by atoms with Crippen molar-refractivity contribution in [3.05, 3.63) is 75.8 Å². The van der Waals surface area contributed by atoms with Gasteiger partial charge in [0.1, 0.15) is 0 Å². The van der Waals surface area contributed by atoms with Gasteiger partial charge in [0.15, 0.2) is 0 Å². The van der Waals surface area contributed by atoms with E-state index in [2.05, 4.69) is 63.7 Å². The number of rotatable bonds is 2. The van der Waals surface area contributed by atoms with E-state index in [0.717, 1.165) is 16.6 Å². The van der Waals surface area contributed by atoms with Crippen LogP contribution < -0.4 is 5.32 Å². The van der Waals surface area contributed by atoms with Gasteiger partial charge in [-0.15, -0.1) is 0 Å². The van der Waals surface area contributed by atoms with Crippen molar-refractivity contribution in [2.24, 2.45) is 5.92 Å². The van der Waals surface area contributed by atoms with E-state index >= 15 is 0 Å². The molecule has 2 aromatic rings. The fourth-order valence-electron chi connectivity index (χ4n) is 3.90. The molecule has 1 aliphatic heterocycles. The zero-order valence-corrected chi connectivity index (χ0v) is 14.9. The molecule has 0 radical (unpaired) electrons. The van der Waals surface area contributed by atoms with Crippen molar-refractivity contribution in [2.75, 3.05) is 12.4 Å². The first-order chi connectivity index (χ1) is 11.7. The molecule has 3 nitrogen and oxygen atoms in total. The second-order valence-electron chi connectivity index (χ2n) is 6.29. The van der Waals surface area contributed by atoms with Crippen LogP contribution >= 0.6 is 15.9 Å². The highest BCUT2D eigenvalue weighted by Gasteiger charge is 2.39. The molecule has 0 saturated heterocycles. The Morgan fingerprint density at radius 3 is 2.75 bits per heavy atom. The lowest BCUT2D eigenvalue weighted by Crippen LogP contribution is -2.30. The molecule has 3 atom stereocenters. The molecule has 4 rings (SSSR count). The Labute approximate surface area is 149 Å². The van der Waals surface area contributed by atoms with Gasteiger partial charge in [0, 0.05) is 10.4 Å². The zero-order valence-electron chi connectivity index (χ0n) is 13.3. The van der Waals surface area contributed by atoms with Crippen LogP contribution in [0.3, 0.4) is 0 Å². The molecule has 0 bridgehead atoms. The number of hydrogen-bond acceptors (Lipinski definition) is 3. The van der Waals surface area contributed by atoms with Gasteiger partial charge in [0.25, 0.3) is 0 Å². The number of carbonyl (C=O) groups is 1. The molecule has 2 aromatic carbocycles. The molecular weight excluding hydrogens is 366 g/mol. The molecule has 2 aliphatic rings. The van der Waals surface area contributed by atoms with Crippen molar-refractivity contribution < 1.29 is 9.53 Å². The molecular formula is C20H18BrNO2. The van der Waals surface area contributed by atoms with Gasteiger partial charge >= 0.3 is 5.97 Å². The molecule has 0 aromatic heterocycles. The summed E-state index contributed by atoms with van der Waals surface area (Å²) in [4.78, 5) is 12.2. The fraction of sp³-hybridized carbons (Fsp3) is 0.250. The maximum Gasteiger partial charge on any atom is 0.339 e. The molecule has 24 heavy (non-hydrogen) atoms. The molecule has 0 unspecified atom stereocenters. The van der Waals surface area contributed by atoms with E-state index in [1.807, 2.05) is 12.1 Å². The third-order valence-corrected chi connectivity index (χ3v) is 5.56. The molecule has 122 valence electrons. The summed E-state index contributed by atoms with van der Waals surface area (Å²) >= 11 is 3.50. The maximum atomic E-state index is 12.2. The highest BCUT2D eigenvalue weighted by molar-refractivity contribution is 9.10. The number of para-hydroxylation sites is 1. The van der Waals surface area contributed by atoms with Crippen molar-refractivity contribution >= 4 is 27.6 Å². The van der Waals surface area contributed by atoms with E-state index in [1.165, 1.54) is 18.2 Å². The van der Waals surface area contributed by atoms with E-state index in [4.69, 9.17) is 4.74 Å². The van der Waals surface area contributed by atoms with Crippen molar-refractivity contribution in [1.82, 2.24) is 0 Å². The fourth-order valence-corrected chi connectivity index (χ4v) is 4.17. The second-order valence-corrected chi connectivity index (χ2v) is 7.20. The number of halogens is 1. The molecule has 1 heterocycles. The van der Waals surface area contributed by atoms with Gasteiger partial charge in [0.05, 0.1) is 24.4 Å². The second kappa shape index (κ2) is 6.10. The van der Waals surface area contributed by atoms with Gasteiger partial charge in [-0.1, -0.05) is 52.3 Å². The maximum absolute atomic E-state index is 12.2. The number of nitrogens with one attached hydrogen (secondary N) is 1. The number of anilines is 1. The van der Waals surface area contributed by atoms with Crippen molar-refractivity contribution in [3.8, 4) is 0 Å². The summed E-state index contributed by atoms with van der Waals surface area (Å²) in [5.74, 6) is 0.500. The molecule has 0 fully saturated rings. The standard InChI is InChI=1S/C20H18BrNO2/c1-24-20(23)17-7-3-6-16-14-4-2-5-15(14)18(22-19(16)17)12-8-10-13(21)11-9-12/h2-4,6-11,14-15,18,22H,5H2,1H3/t14-,15-,18-/m0/s1. The largest absolute Gasteiger partial charge is 0.465 e. The van der Waals surface area contributed by atoms with Crippen molar-refractivity contribution in [3.63, 3.8) is 0 Å². The first kappa shape index (κ1) is 15.5. The lowest BCUT2D eigenvalue weighted by atomic mass is 9.76. The van der Waals surface area contributed by atoms with E-state index < -0.39 is 0 Å². The van der Waals surface area contributed by atoms with Crippen LogP contribution in [0.25, 0.3) is 0 Å². The molecule has 0 amide bonds. The first-order valence-electron chi connectivity index (χ1n) is 8.09. The van der Waals surface area contributed by atoms with Crippen molar-refractivity contribution in [2.45, 2.75) is 18.4 Å². The molecule has 4 heteroatoms. The van der Waals surface area contributed by atoms with Crippen LogP contribution in [0.2, 0.25) is 0 Å². The summed E-state index contributed by atoms with van der Waals surface area (Å²) in [6.45, 7) is 0. The minimum absolute atomic E-state index is 0.177. The smallest absolute Gasteiger partial charge is 0.339 e. The van der Waals surface area contributed by atoms with Gasteiger partial charge in [-0.2, -0.15) is 0 Å². The van der Waals surface area contributed by atoms with Crippen LogP contribution in [-0.2, 0) is 4.74 Å². The lowest BCUT2D eigenvalue weighted by molar-refractivity contribution is 0.0601. The minimum Gasteiger partial charge on any atom is -0.465 e. The van der Waals surface area contributed by atoms with E-state index in [-0.39, 0.29) is 12.0 Å². The van der Waals surface area contributed by atoms with Crippen LogP contribution in [0.5, 0.6) is 0 Å². The molecule has 0 spiro atoms. The van der Waals surface area contributed by atoms with Crippen LogP contribution in [0.1, 0.15) is 39.9 Å². The third kappa shape index (κ3) is 2.46. The van der Waals surface area contributed by atoms with Gasteiger partial charge in [-0.3, -0.25) is 0 Å². The average Bonchev–Trinajstić information content (AvgIpc) is 3.10. The van der Waals surface area contributed by atoms with E-state index in [0.29, 0.717) is 17.4 Å². The van der Waals surface area contributed by atoms with Gasteiger partial charge in [-0.25, -0.2) is 4.79 Å². The topological polar surface area (TPSA) is 38.3 Å². The predicted octanol–water partition coefficient (Wildman–Crippen LogP) is 5.06. The summed E-state index contributed by atoms with van der Waals surface area (Å²) in [6, 6.07) is 14.5. The Morgan fingerprint density at radius 2 is 2.00 bits per heavy atom. The summed E-state index contributed by atoms with van der Waals surface area (Å²) in [6.07, 6.45) is 5.57. The highest BCUT2D eigenvalue weighted by Crippen LogP contribution is 2.50. The quantitative estimate of drug-likeness (QED) is 0.581. The number of fused-ring (bicyclic) bond motifs is 3. The Kier molecular flexibility index (Phi) is 3.93. The van der Waals surface area contributed by atoms with Gasteiger partial charge < -0.3 is 10.1 Å². The van der Waals surface area contributed by atoms with E-state index in [9.17, 15) is 4.79 Å². The van der Waals surface area contributed by atoms with Crippen LogP contribution in [-0.4, -0.2) is 13.1 Å². The Bertz CT molecular complexity index is 813. The molecule has 1 aliphatic carbocycles. The Balaban J connectivity index is 1.82. The summed E-state index contributed by atoms with van der Waals surface area (Å²) in [5.41, 5.74) is 3.94. The monoisotopic (exact) mass is 383 g/mol. The number of allylic oxidation sites excluding steroid dienone is 2. The number of esters is 1. The number of benzene rings is 2. The lowest BCUT2D eigenvalue weighted by Gasteiger charge is -2.38. The highest BCUT2D eigenvalue weighted by atomic mass is 79.9. The minimum atomic E-state index is -0.297. The Morgan fingerprint density at radius 1 is 1.21 bits per heavy atom. The first-order valence-corrected chi connectivity index (χ1v) is 8.88. The van der Waals surface area contributed by atoms with Gasteiger partial charge in [-0.05, 0) is 41.7 Å². The summed E-state index contributed by atoms with van der Waals surface area (Å²) in [7, 11) is 1.43. The zero-order chi connectivity index (χ0) is 16.7. The summed E-state index contributed by atoms with van der Waals surface area (Å²) < 4.78 is 6.04. The van der Waals surface area contributed by atoms with E-state index in [1.54, 1.807) is 0 Å². The van der Waals surface area contributed by atoms with Gasteiger partial charge in [0.2, 0.25) is 0 Å². The number of hydrogen-bond donors (Lipinski definition) is 1.